The summed E-state index contributed by atoms with van der Waals surface area (Å²) in [5.41, 5.74) is 0.0951. The van der Waals surface area contributed by atoms with Gasteiger partial charge in [-0.25, -0.2) is 23.1 Å². The number of carbonyl (C=O) groups is 1. The highest BCUT2D eigenvalue weighted by molar-refractivity contribution is 7.46. The Kier molecular flexibility index (Phi) is 8.07. The van der Waals surface area contributed by atoms with Gasteiger partial charge in [0.15, 0.2) is 5.82 Å². The number of fused-ring (bicyclic) bond motifs is 3. The Morgan fingerprint density at radius 2 is 1.98 bits per heavy atom. The van der Waals surface area contributed by atoms with Crippen molar-refractivity contribution in [3.63, 3.8) is 0 Å². The number of pyridine rings is 3. The van der Waals surface area contributed by atoms with Gasteiger partial charge in [-0.15, -0.1) is 0 Å². The van der Waals surface area contributed by atoms with E-state index in [9.17, 15) is 33.4 Å². The Morgan fingerprint density at radius 1 is 1.24 bits per heavy atom. The van der Waals surface area contributed by atoms with Crippen LogP contribution in [0.1, 0.15) is 22.5 Å². The van der Waals surface area contributed by atoms with E-state index in [1.165, 1.54) is 40.5 Å². The molecule has 2 saturated heterocycles. The van der Waals surface area contributed by atoms with Gasteiger partial charge in [0.1, 0.15) is 29.6 Å². The van der Waals surface area contributed by atoms with Crippen LogP contribution in [0, 0.1) is 11.7 Å². The summed E-state index contributed by atoms with van der Waals surface area (Å²) in [5.74, 6) is -2.81. The van der Waals surface area contributed by atoms with Crippen molar-refractivity contribution in [2.24, 2.45) is 5.92 Å². The number of aromatic carboxylic acids is 1. The van der Waals surface area contributed by atoms with E-state index in [1.54, 1.807) is 12.1 Å². The molecule has 13 nitrogen and oxygen atoms in total. The summed E-state index contributed by atoms with van der Waals surface area (Å²) in [6.07, 6.45) is 4.74. The summed E-state index contributed by atoms with van der Waals surface area (Å²) in [6, 6.07) is 5.99. The van der Waals surface area contributed by atoms with Gasteiger partial charge in [0.05, 0.1) is 16.9 Å². The van der Waals surface area contributed by atoms with Crippen molar-refractivity contribution in [3.8, 4) is 22.5 Å². The fourth-order valence-electron chi connectivity index (χ4n) is 6.56. The van der Waals surface area contributed by atoms with Crippen molar-refractivity contribution in [3.05, 3.63) is 82.6 Å². The van der Waals surface area contributed by atoms with Gasteiger partial charge in [-0.2, -0.15) is 0 Å². The maximum Gasteiger partial charge on any atom is 0.471 e. The minimum absolute atomic E-state index is 0.00522. The number of carboxylic acids is 1. The molecule has 0 aromatic carbocycles. The van der Waals surface area contributed by atoms with Gasteiger partial charge in [-0.3, -0.25) is 13.7 Å². The second kappa shape index (κ2) is 11.8. The van der Waals surface area contributed by atoms with Crippen LogP contribution in [0.15, 0.2) is 59.9 Å². The second-order valence-corrected chi connectivity index (χ2v) is 12.7. The van der Waals surface area contributed by atoms with Crippen LogP contribution in [0.5, 0.6) is 0 Å². The van der Waals surface area contributed by atoms with Crippen LogP contribution in [0.4, 0.5) is 14.5 Å². The molecule has 0 saturated carbocycles. The molecule has 2 aromatic heterocycles. The third-order valence-corrected chi connectivity index (χ3v) is 8.97. The van der Waals surface area contributed by atoms with E-state index in [0.717, 1.165) is 19.0 Å². The van der Waals surface area contributed by atoms with E-state index in [1.807, 2.05) is 7.05 Å². The van der Waals surface area contributed by atoms with Crippen molar-refractivity contribution >= 4 is 30.7 Å². The van der Waals surface area contributed by atoms with Crippen LogP contribution >= 0.6 is 7.82 Å². The standard InChI is InChI=1S/C30H31F2N6O7P/c1-16(31)10-22(33-2)26-25(32)24-27(37-9-8-18-11-35(3)14-23(18)37)21(13-36(28(24)34-26)15-45-46(42,43)44)17-4-5-19-6-7-20(30(40)41)29(39)38(19)12-17/h4-7,10,12-13,18,23,33H,1,8-9,11,14-15H2,2-3H3,(H,40,41)(H2,42,43,44)/b22-10+/t18-,23+/m0/s1. The molecule has 2 aromatic rings. The van der Waals surface area contributed by atoms with E-state index >= 15 is 4.39 Å². The number of aromatic nitrogens is 3. The number of hydrogen-bond acceptors (Lipinski definition) is 8. The molecule has 0 amide bonds. The van der Waals surface area contributed by atoms with Crippen molar-refractivity contribution < 1.29 is 37.6 Å². The highest BCUT2D eigenvalue weighted by atomic mass is 31.2. The molecular formula is C30H31F2N6O7P. The van der Waals surface area contributed by atoms with E-state index in [2.05, 4.69) is 26.7 Å². The summed E-state index contributed by atoms with van der Waals surface area (Å²) in [5, 5.41) is 12.3. The number of phosphoric ester groups is 1. The molecule has 0 aliphatic carbocycles. The molecule has 6 rings (SSSR count). The molecule has 0 bridgehead atoms. The number of halogens is 2. The fourth-order valence-corrected chi connectivity index (χ4v) is 6.84. The zero-order valence-corrected chi connectivity index (χ0v) is 25.7. The van der Waals surface area contributed by atoms with Gasteiger partial charge in [0.25, 0.3) is 5.56 Å². The monoisotopic (exact) mass is 656 g/mol. The summed E-state index contributed by atoms with van der Waals surface area (Å²) in [4.78, 5) is 52.6. The molecule has 46 heavy (non-hydrogen) atoms. The Hall–Kier alpha value is -4.40. The zero-order chi connectivity index (χ0) is 33.1. The number of rotatable bonds is 9. The van der Waals surface area contributed by atoms with Gasteiger partial charge in [-0.05, 0) is 43.7 Å². The first-order valence-electron chi connectivity index (χ1n) is 14.3. The van der Waals surface area contributed by atoms with Gasteiger partial charge in [-0.1, -0.05) is 12.6 Å². The normalized spacial score (nSPS) is 18.9. The second-order valence-electron chi connectivity index (χ2n) is 11.4. The lowest BCUT2D eigenvalue weighted by molar-refractivity contribution is 0.0694. The molecule has 242 valence electrons. The lowest BCUT2D eigenvalue weighted by Gasteiger charge is -2.32. The number of phosphoric acid groups is 1. The minimum Gasteiger partial charge on any atom is -0.477 e. The summed E-state index contributed by atoms with van der Waals surface area (Å²) in [6.45, 7) is 4.58. The summed E-state index contributed by atoms with van der Waals surface area (Å²) < 4.78 is 49.7. The predicted molar refractivity (Wildman–Crippen MR) is 166 cm³/mol. The smallest absolute Gasteiger partial charge is 0.471 e. The summed E-state index contributed by atoms with van der Waals surface area (Å²) in [7, 11) is -1.54. The average molecular weight is 657 g/mol. The maximum absolute atomic E-state index is 16.8. The molecule has 2 fully saturated rings. The molecular weight excluding hydrogens is 625 g/mol. The van der Waals surface area contributed by atoms with Crippen LogP contribution in [0.2, 0.25) is 0 Å². The third kappa shape index (κ3) is 5.60. The number of nitrogens with zero attached hydrogens (tertiary/aromatic N) is 5. The molecule has 16 heteroatoms. The van der Waals surface area contributed by atoms with Crippen molar-refractivity contribution in [1.82, 2.24) is 24.2 Å². The number of hydrogen-bond donors (Lipinski definition) is 4. The molecule has 4 aliphatic rings. The van der Waals surface area contributed by atoms with Gasteiger partial charge in [0, 0.05) is 61.8 Å². The van der Waals surface area contributed by atoms with Gasteiger partial charge in [0.2, 0.25) is 0 Å². The van der Waals surface area contributed by atoms with E-state index in [-0.39, 0.29) is 34.7 Å². The van der Waals surface area contributed by atoms with Crippen LogP contribution in [-0.4, -0.2) is 79.5 Å². The largest absolute Gasteiger partial charge is 0.477 e. The minimum atomic E-state index is -5.00. The third-order valence-electron chi connectivity index (χ3n) is 8.52. The molecule has 0 radical (unpaired) electrons. The lowest BCUT2D eigenvalue weighted by atomic mass is 9.99. The topological polar surface area (TPSA) is 162 Å². The summed E-state index contributed by atoms with van der Waals surface area (Å²) >= 11 is 0. The van der Waals surface area contributed by atoms with E-state index < -0.39 is 43.3 Å². The Bertz CT molecular complexity index is 2000. The average Bonchev–Trinajstić information content (AvgIpc) is 3.66. The molecule has 6 heterocycles. The number of carboxylic acid groups (broad SMARTS) is 1. The maximum atomic E-state index is 16.8. The molecule has 4 N–H and O–H groups in total. The number of allylic oxidation sites excluding steroid dienone is 2. The molecule has 0 spiro atoms. The van der Waals surface area contributed by atoms with Crippen molar-refractivity contribution in [2.45, 2.75) is 19.2 Å². The van der Waals surface area contributed by atoms with Crippen LogP contribution in [-0.2, 0) is 15.8 Å². The van der Waals surface area contributed by atoms with Crippen LogP contribution in [0.3, 0.4) is 0 Å². The number of likely N-dealkylation sites (tertiary alicyclic amines) is 1. The zero-order valence-electron chi connectivity index (χ0n) is 24.9. The first-order chi connectivity index (χ1) is 21.8. The first-order valence-corrected chi connectivity index (χ1v) is 15.8. The van der Waals surface area contributed by atoms with Crippen molar-refractivity contribution in [2.75, 3.05) is 38.6 Å². The van der Waals surface area contributed by atoms with Gasteiger partial charge >= 0.3 is 13.8 Å². The highest BCUT2D eigenvalue weighted by Crippen LogP contribution is 2.48. The number of nitrogens with one attached hydrogen (secondary N) is 1. The Morgan fingerprint density at radius 3 is 2.65 bits per heavy atom. The highest BCUT2D eigenvalue weighted by Gasteiger charge is 2.43. The SMILES string of the molecule is C=C(F)/C=C(/NC)c1nc2n(COP(=O)(O)O)cc(-c3ccc4ccc(C(=O)O)c(=O)n4c3)c(N3CC[C@H]4CN(C)C[C@H]43)c-2c1F. The lowest BCUT2D eigenvalue weighted by Crippen LogP contribution is -2.35. The quantitative estimate of drug-likeness (QED) is 0.154. The number of anilines is 1. The molecule has 0 unspecified atom stereocenters. The fraction of sp³-hybridized carbons (Fsp3) is 0.300. The predicted octanol–water partition coefficient (Wildman–Crippen LogP) is 3.36. The molecule has 2 atom stereocenters. The van der Waals surface area contributed by atoms with Gasteiger partial charge < -0.3 is 34.6 Å². The first kappa shape index (κ1) is 31.6. The Labute approximate surface area is 261 Å². The van der Waals surface area contributed by atoms with Crippen LogP contribution < -0.4 is 15.8 Å². The van der Waals surface area contributed by atoms with E-state index in [0.29, 0.717) is 35.4 Å². The Balaban J connectivity index is 1.69. The van der Waals surface area contributed by atoms with Crippen molar-refractivity contribution in [1.29, 1.82) is 0 Å². The van der Waals surface area contributed by atoms with E-state index in [4.69, 9.17) is 4.52 Å². The number of likely N-dealkylation sites (N-methyl/N-ethyl adjacent to an activating group) is 1. The molecule has 4 aliphatic heterocycles. The van der Waals surface area contributed by atoms with Crippen LogP contribution in [0.25, 0.3) is 33.7 Å².